The van der Waals surface area contributed by atoms with E-state index in [1.807, 2.05) is 24.6 Å². The summed E-state index contributed by atoms with van der Waals surface area (Å²) in [6, 6.07) is 8.40. The van der Waals surface area contributed by atoms with E-state index >= 15 is 0 Å². The SMILES string of the molecule is Cc1nccn1-c1ccc(C(C)NC(=O)C[C@@H]2CCC[C@H]2N)cc1. The molecule has 0 bridgehead atoms. The lowest BCUT2D eigenvalue weighted by atomic mass is 9.99. The van der Waals surface area contributed by atoms with Gasteiger partial charge in [-0.1, -0.05) is 18.6 Å². The molecule has 1 amide bonds. The molecule has 3 N–H and O–H groups in total. The number of benzene rings is 1. The predicted octanol–water partition coefficient (Wildman–Crippen LogP) is 2.88. The zero-order valence-corrected chi connectivity index (χ0v) is 14.4. The van der Waals surface area contributed by atoms with Crippen LogP contribution in [0.4, 0.5) is 0 Å². The van der Waals surface area contributed by atoms with Crippen molar-refractivity contribution in [3.63, 3.8) is 0 Å². The number of imidazole rings is 1. The highest BCUT2D eigenvalue weighted by atomic mass is 16.1. The van der Waals surface area contributed by atoms with Gasteiger partial charge in [0, 0.05) is 30.5 Å². The van der Waals surface area contributed by atoms with Crippen molar-refractivity contribution in [2.24, 2.45) is 11.7 Å². The van der Waals surface area contributed by atoms with Crippen molar-refractivity contribution in [1.29, 1.82) is 0 Å². The molecular formula is C19H26N4O. The van der Waals surface area contributed by atoms with Gasteiger partial charge >= 0.3 is 0 Å². The summed E-state index contributed by atoms with van der Waals surface area (Å²) >= 11 is 0. The minimum absolute atomic E-state index is 0.00642. The number of hydrogen-bond acceptors (Lipinski definition) is 3. The third-order valence-electron chi connectivity index (χ3n) is 5.04. The number of carbonyl (C=O) groups excluding carboxylic acids is 1. The Balaban J connectivity index is 1.59. The van der Waals surface area contributed by atoms with Gasteiger partial charge in [0.15, 0.2) is 0 Å². The van der Waals surface area contributed by atoms with Crippen LogP contribution in [-0.4, -0.2) is 21.5 Å². The minimum atomic E-state index is -0.00642. The lowest BCUT2D eigenvalue weighted by Gasteiger charge is -2.18. The number of carbonyl (C=O) groups is 1. The molecular weight excluding hydrogens is 300 g/mol. The van der Waals surface area contributed by atoms with Gasteiger partial charge in [-0.25, -0.2) is 4.98 Å². The zero-order chi connectivity index (χ0) is 17.1. The molecule has 1 fully saturated rings. The molecule has 2 aromatic rings. The van der Waals surface area contributed by atoms with Crippen molar-refractivity contribution in [3.8, 4) is 5.69 Å². The van der Waals surface area contributed by atoms with E-state index in [9.17, 15) is 4.79 Å². The van der Waals surface area contributed by atoms with Crippen LogP contribution in [0.2, 0.25) is 0 Å². The average Bonchev–Trinajstić information content (AvgIpc) is 3.16. The minimum Gasteiger partial charge on any atom is -0.350 e. The Hall–Kier alpha value is -2.14. The molecule has 0 spiro atoms. The Morgan fingerprint density at radius 3 is 2.71 bits per heavy atom. The first-order chi connectivity index (χ1) is 11.5. The summed E-state index contributed by atoms with van der Waals surface area (Å²) in [7, 11) is 0. The van der Waals surface area contributed by atoms with E-state index in [2.05, 4.69) is 34.6 Å². The van der Waals surface area contributed by atoms with E-state index in [4.69, 9.17) is 5.73 Å². The van der Waals surface area contributed by atoms with Crippen molar-refractivity contribution >= 4 is 5.91 Å². The summed E-state index contributed by atoms with van der Waals surface area (Å²) < 4.78 is 2.04. The second-order valence-corrected chi connectivity index (χ2v) is 6.78. The highest BCUT2D eigenvalue weighted by Crippen LogP contribution is 2.27. The number of nitrogens with zero attached hydrogens (tertiary/aromatic N) is 2. The van der Waals surface area contributed by atoms with E-state index in [0.29, 0.717) is 12.3 Å². The third-order valence-corrected chi connectivity index (χ3v) is 5.04. The molecule has 1 aromatic heterocycles. The zero-order valence-electron chi connectivity index (χ0n) is 14.4. The molecule has 0 saturated heterocycles. The van der Waals surface area contributed by atoms with Gasteiger partial charge < -0.3 is 15.6 Å². The second kappa shape index (κ2) is 7.18. The third kappa shape index (κ3) is 3.67. The van der Waals surface area contributed by atoms with Gasteiger partial charge in [-0.15, -0.1) is 0 Å². The highest BCUT2D eigenvalue weighted by Gasteiger charge is 2.26. The fraction of sp³-hybridized carbons (Fsp3) is 0.474. The molecule has 1 aliphatic carbocycles. The molecule has 3 atom stereocenters. The lowest BCUT2D eigenvalue weighted by molar-refractivity contribution is -0.122. The Bertz CT molecular complexity index is 692. The van der Waals surface area contributed by atoms with Gasteiger partial charge in [-0.2, -0.15) is 0 Å². The quantitative estimate of drug-likeness (QED) is 0.887. The summed E-state index contributed by atoms with van der Waals surface area (Å²) in [5.41, 5.74) is 8.23. The molecule has 128 valence electrons. The molecule has 24 heavy (non-hydrogen) atoms. The van der Waals surface area contributed by atoms with Crippen LogP contribution < -0.4 is 11.1 Å². The standard InChI is InChI=1S/C19H26N4O/c1-13(22-19(24)12-16-4-3-5-18(16)20)15-6-8-17(9-7-15)23-11-10-21-14(23)2/h6-11,13,16,18H,3-5,12,20H2,1-2H3,(H,22,24)/t13?,16-,18+/m0/s1. The fourth-order valence-electron chi connectivity index (χ4n) is 3.52. The van der Waals surface area contributed by atoms with E-state index < -0.39 is 0 Å². The van der Waals surface area contributed by atoms with Gasteiger partial charge in [0.2, 0.25) is 5.91 Å². The first-order valence-electron chi connectivity index (χ1n) is 8.70. The second-order valence-electron chi connectivity index (χ2n) is 6.78. The molecule has 5 heteroatoms. The van der Waals surface area contributed by atoms with Crippen LogP contribution in [-0.2, 0) is 4.79 Å². The van der Waals surface area contributed by atoms with Crippen molar-refractivity contribution in [2.75, 3.05) is 0 Å². The van der Waals surface area contributed by atoms with Gasteiger partial charge in [0.25, 0.3) is 0 Å². The van der Waals surface area contributed by atoms with Crippen LogP contribution >= 0.6 is 0 Å². The summed E-state index contributed by atoms with van der Waals surface area (Å²) in [6.07, 6.45) is 7.53. The Morgan fingerprint density at radius 2 is 2.12 bits per heavy atom. The molecule has 5 nitrogen and oxygen atoms in total. The Kier molecular flexibility index (Phi) is 5.00. The predicted molar refractivity (Wildman–Crippen MR) is 94.8 cm³/mol. The van der Waals surface area contributed by atoms with Gasteiger partial charge in [-0.05, 0) is 50.3 Å². The number of nitrogens with two attached hydrogens (primary N) is 1. The Morgan fingerprint density at radius 1 is 1.38 bits per heavy atom. The molecule has 1 aliphatic rings. The van der Waals surface area contributed by atoms with Crippen LogP contribution in [0.5, 0.6) is 0 Å². The summed E-state index contributed by atoms with van der Waals surface area (Å²) in [5.74, 6) is 1.39. The number of amides is 1. The smallest absolute Gasteiger partial charge is 0.220 e. The van der Waals surface area contributed by atoms with Crippen molar-refractivity contribution in [1.82, 2.24) is 14.9 Å². The maximum Gasteiger partial charge on any atom is 0.220 e. The van der Waals surface area contributed by atoms with Gasteiger partial charge in [0.1, 0.15) is 5.82 Å². The number of hydrogen-bond donors (Lipinski definition) is 2. The molecule has 3 rings (SSSR count). The first kappa shape index (κ1) is 16.7. The average molecular weight is 326 g/mol. The van der Waals surface area contributed by atoms with E-state index in [-0.39, 0.29) is 18.0 Å². The largest absolute Gasteiger partial charge is 0.350 e. The van der Waals surface area contributed by atoms with E-state index in [0.717, 1.165) is 36.3 Å². The normalized spacial score (nSPS) is 21.6. The maximum atomic E-state index is 12.2. The number of aryl methyl sites for hydroxylation is 1. The number of nitrogens with one attached hydrogen (secondary N) is 1. The van der Waals surface area contributed by atoms with Gasteiger partial charge in [-0.3, -0.25) is 4.79 Å². The monoisotopic (exact) mass is 326 g/mol. The topological polar surface area (TPSA) is 72.9 Å². The molecule has 1 heterocycles. The van der Waals surface area contributed by atoms with Crippen LogP contribution in [0.15, 0.2) is 36.7 Å². The molecule has 0 radical (unpaired) electrons. The van der Waals surface area contributed by atoms with Gasteiger partial charge in [0.05, 0.1) is 6.04 Å². The first-order valence-corrected chi connectivity index (χ1v) is 8.70. The summed E-state index contributed by atoms with van der Waals surface area (Å²) in [6.45, 7) is 3.99. The summed E-state index contributed by atoms with van der Waals surface area (Å²) in [4.78, 5) is 16.5. The van der Waals surface area contributed by atoms with Crippen molar-refractivity contribution in [2.45, 2.75) is 51.6 Å². The number of rotatable bonds is 5. The van der Waals surface area contributed by atoms with Crippen LogP contribution in [0.25, 0.3) is 5.69 Å². The summed E-state index contributed by atoms with van der Waals surface area (Å²) in [5, 5.41) is 3.10. The van der Waals surface area contributed by atoms with E-state index in [1.165, 1.54) is 0 Å². The lowest BCUT2D eigenvalue weighted by Crippen LogP contribution is -2.32. The van der Waals surface area contributed by atoms with E-state index in [1.54, 1.807) is 6.20 Å². The Labute approximate surface area is 143 Å². The van der Waals surface area contributed by atoms with Crippen molar-refractivity contribution < 1.29 is 4.79 Å². The molecule has 0 aliphatic heterocycles. The fourth-order valence-corrected chi connectivity index (χ4v) is 3.52. The maximum absolute atomic E-state index is 12.2. The molecule has 1 saturated carbocycles. The number of aromatic nitrogens is 2. The van der Waals surface area contributed by atoms with Crippen molar-refractivity contribution in [3.05, 3.63) is 48.0 Å². The molecule has 1 aromatic carbocycles. The van der Waals surface area contributed by atoms with Crippen LogP contribution in [0.3, 0.4) is 0 Å². The molecule has 1 unspecified atom stereocenters. The van der Waals surface area contributed by atoms with Crippen LogP contribution in [0, 0.1) is 12.8 Å². The van der Waals surface area contributed by atoms with Crippen LogP contribution in [0.1, 0.15) is 50.0 Å². The highest BCUT2D eigenvalue weighted by molar-refractivity contribution is 5.76.